The molecule has 1 N–H and O–H groups in total. The van der Waals surface area contributed by atoms with Crippen molar-refractivity contribution in [2.75, 3.05) is 13.4 Å². The molecule has 0 saturated heterocycles. The van der Waals surface area contributed by atoms with Gasteiger partial charge in [-0.15, -0.1) is 0 Å². The van der Waals surface area contributed by atoms with E-state index in [0.29, 0.717) is 41.8 Å². The molecule has 0 aromatic heterocycles. The molecular formula is C24H23ClFNO4. The molecule has 4 rings (SSSR count). The molecule has 1 aliphatic heterocycles. The molecule has 1 aliphatic rings. The lowest BCUT2D eigenvalue weighted by atomic mass is 10.1. The summed E-state index contributed by atoms with van der Waals surface area (Å²) in [6.07, 6.45) is 0. The number of fused-ring (bicyclic) bond motifs is 1. The van der Waals surface area contributed by atoms with Crippen LogP contribution in [0.5, 0.6) is 23.0 Å². The van der Waals surface area contributed by atoms with E-state index < -0.39 is 0 Å². The van der Waals surface area contributed by atoms with Crippen molar-refractivity contribution < 1.29 is 23.3 Å². The van der Waals surface area contributed by atoms with Gasteiger partial charge in [0, 0.05) is 18.7 Å². The lowest BCUT2D eigenvalue weighted by Gasteiger charge is -2.14. The van der Waals surface area contributed by atoms with Crippen molar-refractivity contribution in [2.45, 2.75) is 26.6 Å². The van der Waals surface area contributed by atoms with Crippen molar-refractivity contribution >= 4 is 11.6 Å². The second-order valence-corrected chi connectivity index (χ2v) is 7.44. The first-order chi connectivity index (χ1) is 15.1. The van der Waals surface area contributed by atoms with E-state index in [0.717, 1.165) is 22.6 Å². The van der Waals surface area contributed by atoms with Crippen LogP contribution in [0.2, 0.25) is 5.02 Å². The Labute approximate surface area is 185 Å². The minimum atomic E-state index is -0.374. The average molecular weight is 444 g/mol. The highest BCUT2D eigenvalue weighted by atomic mass is 35.5. The number of nitrogens with one attached hydrogen (secondary N) is 1. The molecule has 0 unspecified atom stereocenters. The van der Waals surface area contributed by atoms with Crippen molar-refractivity contribution in [1.29, 1.82) is 0 Å². The smallest absolute Gasteiger partial charge is 0.231 e. The van der Waals surface area contributed by atoms with Crippen LogP contribution in [0.1, 0.15) is 23.6 Å². The van der Waals surface area contributed by atoms with Crippen molar-refractivity contribution in [1.82, 2.24) is 5.32 Å². The first-order valence-corrected chi connectivity index (χ1v) is 10.4. The number of hydrogen-bond donors (Lipinski definition) is 1. The molecule has 0 spiro atoms. The quantitative estimate of drug-likeness (QED) is 0.475. The highest BCUT2D eigenvalue weighted by Gasteiger charge is 2.13. The number of benzene rings is 3. The molecule has 0 atom stereocenters. The highest BCUT2D eigenvalue weighted by molar-refractivity contribution is 6.31. The predicted octanol–water partition coefficient (Wildman–Crippen LogP) is 5.48. The molecule has 31 heavy (non-hydrogen) atoms. The molecule has 0 saturated carbocycles. The highest BCUT2D eigenvalue weighted by Crippen LogP contribution is 2.33. The fourth-order valence-corrected chi connectivity index (χ4v) is 3.47. The third kappa shape index (κ3) is 5.40. The van der Waals surface area contributed by atoms with E-state index in [9.17, 15) is 4.39 Å². The van der Waals surface area contributed by atoms with Gasteiger partial charge in [0.15, 0.2) is 23.0 Å². The Balaban J connectivity index is 1.37. The summed E-state index contributed by atoms with van der Waals surface area (Å²) in [6.45, 7) is 4.29. The maximum Gasteiger partial charge on any atom is 0.231 e. The van der Waals surface area contributed by atoms with Crippen LogP contribution < -0.4 is 24.3 Å². The average Bonchev–Trinajstić information content (AvgIpc) is 3.22. The molecule has 7 heteroatoms. The summed E-state index contributed by atoms with van der Waals surface area (Å²) in [5, 5.41) is 3.76. The van der Waals surface area contributed by atoms with Gasteiger partial charge in [-0.25, -0.2) is 4.39 Å². The van der Waals surface area contributed by atoms with Crippen LogP contribution >= 0.6 is 11.6 Å². The number of halogens is 2. The van der Waals surface area contributed by atoms with Crippen LogP contribution in [-0.4, -0.2) is 13.4 Å². The summed E-state index contributed by atoms with van der Waals surface area (Å²) in [4.78, 5) is 0. The van der Waals surface area contributed by atoms with Crippen LogP contribution in [0.15, 0.2) is 54.6 Å². The summed E-state index contributed by atoms with van der Waals surface area (Å²) in [6, 6.07) is 16.0. The summed E-state index contributed by atoms with van der Waals surface area (Å²) in [7, 11) is 0. The van der Waals surface area contributed by atoms with Gasteiger partial charge in [0.25, 0.3) is 0 Å². The van der Waals surface area contributed by atoms with Crippen LogP contribution in [-0.2, 0) is 19.7 Å². The lowest BCUT2D eigenvalue weighted by Crippen LogP contribution is -2.13. The summed E-state index contributed by atoms with van der Waals surface area (Å²) < 4.78 is 35.6. The van der Waals surface area contributed by atoms with Gasteiger partial charge in [0.2, 0.25) is 6.79 Å². The second kappa shape index (κ2) is 9.90. The van der Waals surface area contributed by atoms with Crippen LogP contribution in [0, 0.1) is 5.82 Å². The Bertz CT molecular complexity index is 1060. The Morgan fingerprint density at radius 2 is 1.68 bits per heavy atom. The number of ether oxygens (including phenoxy) is 4. The zero-order valence-corrected chi connectivity index (χ0v) is 17.9. The molecule has 0 radical (unpaired) electrons. The van der Waals surface area contributed by atoms with Crippen molar-refractivity contribution in [3.05, 3.63) is 82.1 Å². The monoisotopic (exact) mass is 443 g/mol. The van der Waals surface area contributed by atoms with Gasteiger partial charge >= 0.3 is 0 Å². The van der Waals surface area contributed by atoms with Crippen molar-refractivity contribution in [3.63, 3.8) is 0 Å². The standard InChI is InChI=1S/C24H23ClFNO4/c1-2-28-23-9-16(12-27-13-17-4-8-22-24(10-17)31-15-30-22)3-7-21(23)29-14-18-5-6-19(26)11-20(18)25/h3-11,27H,2,12-15H2,1H3. The van der Waals surface area contributed by atoms with E-state index >= 15 is 0 Å². The van der Waals surface area contributed by atoms with Gasteiger partial charge < -0.3 is 24.3 Å². The van der Waals surface area contributed by atoms with E-state index in [4.69, 9.17) is 30.5 Å². The van der Waals surface area contributed by atoms with E-state index in [1.165, 1.54) is 12.1 Å². The third-order valence-electron chi connectivity index (χ3n) is 4.80. The van der Waals surface area contributed by atoms with Crippen molar-refractivity contribution in [3.8, 4) is 23.0 Å². The largest absolute Gasteiger partial charge is 0.490 e. The SMILES string of the molecule is CCOc1cc(CNCc2ccc3c(c2)OCO3)ccc1OCc1ccc(F)cc1Cl. The van der Waals surface area contributed by atoms with Gasteiger partial charge in [-0.1, -0.05) is 29.8 Å². The molecule has 0 fully saturated rings. The summed E-state index contributed by atoms with van der Waals surface area (Å²) >= 11 is 6.09. The Kier molecular flexibility index (Phi) is 6.79. The molecule has 5 nitrogen and oxygen atoms in total. The van der Waals surface area contributed by atoms with Crippen LogP contribution in [0.3, 0.4) is 0 Å². The predicted molar refractivity (Wildman–Crippen MR) is 116 cm³/mol. The molecule has 162 valence electrons. The summed E-state index contributed by atoms with van der Waals surface area (Å²) in [5.41, 5.74) is 2.89. The van der Waals surface area contributed by atoms with Gasteiger partial charge in [0.05, 0.1) is 11.6 Å². The topological polar surface area (TPSA) is 49.0 Å². The number of rotatable bonds is 9. The molecule has 0 aliphatic carbocycles. The maximum absolute atomic E-state index is 13.2. The third-order valence-corrected chi connectivity index (χ3v) is 5.15. The Hall–Kier alpha value is -2.96. The Morgan fingerprint density at radius 1 is 0.903 bits per heavy atom. The zero-order chi connectivity index (χ0) is 21.6. The van der Waals surface area contributed by atoms with Gasteiger partial charge in [-0.3, -0.25) is 0 Å². The zero-order valence-electron chi connectivity index (χ0n) is 17.1. The van der Waals surface area contributed by atoms with E-state index in [1.54, 1.807) is 6.07 Å². The van der Waals surface area contributed by atoms with E-state index in [2.05, 4.69) is 5.32 Å². The van der Waals surface area contributed by atoms with Gasteiger partial charge in [-0.05, 0) is 54.4 Å². The normalized spacial score (nSPS) is 12.1. The lowest BCUT2D eigenvalue weighted by molar-refractivity contribution is 0.174. The van der Waals surface area contributed by atoms with E-state index in [-0.39, 0.29) is 19.2 Å². The second-order valence-electron chi connectivity index (χ2n) is 7.03. The summed E-state index contributed by atoms with van der Waals surface area (Å²) in [5.74, 6) is 2.45. The number of hydrogen-bond acceptors (Lipinski definition) is 5. The minimum absolute atomic E-state index is 0.223. The Morgan fingerprint density at radius 3 is 2.48 bits per heavy atom. The molecule has 3 aromatic carbocycles. The van der Waals surface area contributed by atoms with Crippen molar-refractivity contribution in [2.24, 2.45) is 0 Å². The maximum atomic E-state index is 13.2. The fraction of sp³-hybridized carbons (Fsp3) is 0.250. The van der Waals surface area contributed by atoms with E-state index in [1.807, 2.05) is 43.3 Å². The molecule has 0 amide bonds. The fourth-order valence-electron chi connectivity index (χ4n) is 3.25. The minimum Gasteiger partial charge on any atom is -0.490 e. The molecule has 1 heterocycles. The van der Waals surface area contributed by atoms with Gasteiger partial charge in [-0.2, -0.15) is 0 Å². The first kappa shape index (κ1) is 21.3. The van der Waals surface area contributed by atoms with Crippen LogP contribution in [0.4, 0.5) is 4.39 Å². The first-order valence-electron chi connectivity index (χ1n) is 10.0. The molecular weight excluding hydrogens is 421 g/mol. The molecule has 0 bridgehead atoms. The van der Waals surface area contributed by atoms with Crippen LogP contribution in [0.25, 0.3) is 0 Å². The van der Waals surface area contributed by atoms with Gasteiger partial charge in [0.1, 0.15) is 12.4 Å². The molecule has 3 aromatic rings.